The van der Waals surface area contributed by atoms with Crippen LogP contribution in [-0.2, 0) is 7.05 Å². The van der Waals surface area contributed by atoms with Crippen molar-refractivity contribution in [2.24, 2.45) is 7.05 Å². The second-order valence-corrected chi connectivity index (χ2v) is 8.00. The summed E-state index contributed by atoms with van der Waals surface area (Å²) < 4.78 is 1.60. The molecule has 1 saturated carbocycles. The van der Waals surface area contributed by atoms with Gasteiger partial charge in [0.15, 0.2) is 5.82 Å². The summed E-state index contributed by atoms with van der Waals surface area (Å²) >= 11 is 0. The lowest BCUT2D eigenvalue weighted by atomic mass is 9.97. The second-order valence-electron chi connectivity index (χ2n) is 8.00. The van der Waals surface area contributed by atoms with Gasteiger partial charge in [0, 0.05) is 35.6 Å². The first-order chi connectivity index (χ1) is 13.8. The van der Waals surface area contributed by atoms with Crippen molar-refractivity contribution in [3.63, 3.8) is 0 Å². The summed E-state index contributed by atoms with van der Waals surface area (Å²) in [7, 11) is 1.74. The van der Waals surface area contributed by atoms with E-state index in [1.807, 2.05) is 32.9 Å². The Balaban J connectivity index is 1.85. The molecule has 2 aromatic heterocycles. The molecule has 1 amide bonds. The van der Waals surface area contributed by atoms with E-state index in [1.165, 1.54) is 0 Å². The first-order valence-electron chi connectivity index (χ1n) is 9.89. The smallest absolute Gasteiger partial charge is 0.258 e. The van der Waals surface area contributed by atoms with Gasteiger partial charge >= 0.3 is 0 Å². The normalized spacial score (nSPS) is 13.7. The molecule has 0 atom stereocenters. The topological polar surface area (TPSA) is 88.9 Å². The molecule has 3 aromatic rings. The van der Waals surface area contributed by atoms with Crippen molar-refractivity contribution in [2.45, 2.75) is 45.7 Å². The minimum atomic E-state index is -0.139. The van der Waals surface area contributed by atoms with Crippen molar-refractivity contribution in [3.8, 4) is 11.1 Å². The van der Waals surface area contributed by atoms with Crippen LogP contribution >= 0.6 is 0 Å². The first-order valence-corrected chi connectivity index (χ1v) is 9.89. The fourth-order valence-electron chi connectivity index (χ4n) is 3.47. The molecule has 0 spiro atoms. The summed E-state index contributed by atoms with van der Waals surface area (Å²) in [4.78, 5) is 25.7. The molecule has 2 N–H and O–H groups in total. The molecule has 2 heterocycles. The van der Waals surface area contributed by atoms with Gasteiger partial charge in [0.05, 0.1) is 11.7 Å². The van der Waals surface area contributed by atoms with Crippen molar-refractivity contribution < 1.29 is 4.79 Å². The number of anilines is 1. The highest BCUT2D eigenvalue weighted by atomic mass is 16.1. The number of pyridine rings is 1. The zero-order valence-electron chi connectivity index (χ0n) is 17.1. The van der Waals surface area contributed by atoms with Crippen molar-refractivity contribution in [1.82, 2.24) is 20.1 Å². The molecule has 0 saturated heterocycles. The van der Waals surface area contributed by atoms with Gasteiger partial charge in [-0.3, -0.25) is 9.59 Å². The van der Waals surface area contributed by atoms with Gasteiger partial charge in [-0.2, -0.15) is 5.10 Å². The number of benzene rings is 1. The van der Waals surface area contributed by atoms with Crippen LogP contribution in [0.3, 0.4) is 0 Å². The predicted molar refractivity (Wildman–Crippen MR) is 114 cm³/mol. The molecule has 1 aromatic carbocycles. The van der Waals surface area contributed by atoms with Crippen LogP contribution in [0.5, 0.6) is 0 Å². The summed E-state index contributed by atoms with van der Waals surface area (Å²) in [6, 6.07) is 7.77. The number of aromatic nitrogens is 3. The maximum Gasteiger partial charge on any atom is 0.258 e. The molecule has 1 aliphatic rings. The molecule has 0 aliphatic heterocycles. The Morgan fingerprint density at radius 1 is 1.21 bits per heavy atom. The lowest BCUT2D eigenvalue weighted by molar-refractivity contribution is 0.0951. The summed E-state index contributed by atoms with van der Waals surface area (Å²) in [6.07, 6.45) is 3.72. The minimum Gasteiger partial charge on any atom is -0.365 e. The molecular weight excluding hydrogens is 366 g/mol. The van der Waals surface area contributed by atoms with Crippen LogP contribution in [0.4, 0.5) is 5.82 Å². The highest BCUT2D eigenvalue weighted by molar-refractivity contribution is 5.97. The van der Waals surface area contributed by atoms with Crippen LogP contribution in [0.15, 0.2) is 35.3 Å². The SMILES string of the molecule is Cc1ccc(C(=O)NC2CC2)cc1-c1cc2cnnc(NC(C)C)c2n(C)c1=O. The molecular formula is C22H25N5O2. The van der Waals surface area contributed by atoms with Crippen molar-refractivity contribution in [3.05, 3.63) is 51.9 Å². The fraction of sp³-hybridized carbons (Fsp3) is 0.364. The number of hydrogen-bond acceptors (Lipinski definition) is 5. The van der Waals surface area contributed by atoms with E-state index in [2.05, 4.69) is 20.8 Å². The number of nitrogens with one attached hydrogen (secondary N) is 2. The number of aryl methyl sites for hydroxylation is 2. The Morgan fingerprint density at radius 3 is 2.66 bits per heavy atom. The molecule has 7 nitrogen and oxygen atoms in total. The molecule has 4 rings (SSSR count). The van der Waals surface area contributed by atoms with Gasteiger partial charge in [-0.15, -0.1) is 5.10 Å². The molecule has 0 bridgehead atoms. The van der Waals surface area contributed by atoms with E-state index < -0.39 is 0 Å². The summed E-state index contributed by atoms with van der Waals surface area (Å²) in [5, 5.41) is 15.3. The average Bonchev–Trinajstić information content (AvgIpc) is 3.48. The third-order valence-corrected chi connectivity index (χ3v) is 5.15. The monoisotopic (exact) mass is 391 g/mol. The summed E-state index contributed by atoms with van der Waals surface area (Å²) in [5.74, 6) is 0.485. The van der Waals surface area contributed by atoms with Gasteiger partial charge in [-0.1, -0.05) is 6.07 Å². The van der Waals surface area contributed by atoms with Gasteiger partial charge in [-0.25, -0.2) is 0 Å². The van der Waals surface area contributed by atoms with Gasteiger partial charge in [0.25, 0.3) is 11.5 Å². The summed E-state index contributed by atoms with van der Waals surface area (Å²) in [6.45, 7) is 5.96. The Kier molecular flexibility index (Phi) is 4.82. The lowest BCUT2D eigenvalue weighted by Crippen LogP contribution is -2.25. The number of fused-ring (bicyclic) bond motifs is 1. The van der Waals surface area contributed by atoms with E-state index >= 15 is 0 Å². The third kappa shape index (κ3) is 3.72. The van der Waals surface area contributed by atoms with Gasteiger partial charge < -0.3 is 15.2 Å². The zero-order valence-corrected chi connectivity index (χ0v) is 17.1. The number of carbonyl (C=O) groups is 1. The van der Waals surface area contributed by atoms with E-state index in [9.17, 15) is 9.59 Å². The zero-order chi connectivity index (χ0) is 20.7. The molecule has 1 fully saturated rings. The van der Waals surface area contributed by atoms with Gasteiger partial charge in [0.1, 0.15) is 0 Å². The fourth-order valence-corrected chi connectivity index (χ4v) is 3.47. The van der Waals surface area contributed by atoms with E-state index in [1.54, 1.807) is 29.9 Å². The number of rotatable bonds is 5. The number of amides is 1. The second kappa shape index (κ2) is 7.31. The third-order valence-electron chi connectivity index (χ3n) is 5.15. The van der Waals surface area contributed by atoms with Gasteiger partial charge in [0.2, 0.25) is 0 Å². The van der Waals surface area contributed by atoms with Crippen LogP contribution in [0.2, 0.25) is 0 Å². The van der Waals surface area contributed by atoms with Crippen LogP contribution < -0.4 is 16.2 Å². The highest BCUT2D eigenvalue weighted by Gasteiger charge is 2.24. The molecule has 7 heteroatoms. The van der Waals surface area contributed by atoms with Crippen LogP contribution in [0.25, 0.3) is 22.0 Å². The maximum atomic E-state index is 13.2. The molecule has 1 aliphatic carbocycles. The van der Waals surface area contributed by atoms with Crippen molar-refractivity contribution in [2.75, 3.05) is 5.32 Å². The Labute approximate surface area is 169 Å². The first kappa shape index (κ1) is 19.1. The van der Waals surface area contributed by atoms with E-state index in [0.29, 0.717) is 22.5 Å². The lowest BCUT2D eigenvalue weighted by Gasteiger charge is -2.15. The van der Waals surface area contributed by atoms with E-state index in [4.69, 9.17) is 0 Å². The quantitative estimate of drug-likeness (QED) is 0.698. The molecule has 0 unspecified atom stereocenters. The van der Waals surface area contributed by atoms with E-state index in [0.717, 1.165) is 29.4 Å². The van der Waals surface area contributed by atoms with Crippen LogP contribution in [-0.4, -0.2) is 32.8 Å². The Morgan fingerprint density at radius 2 is 1.97 bits per heavy atom. The number of hydrogen-bond donors (Lipinski definition) is 2. The molecule has 0 radical (unpaired) electrons. The van der Waals surface area contributed by atoms with Crippen LogP contribution in [0.1, 0.15) is 42.6 Å². The number of carbonyl (C=O) groups excluding carboxylic acids is 1. The summed E-state index contributed by atoms with van der Waals surface area (Å²) in [5.41, 5.74) is 3.37. The Bertz CT molecular complexity index is 1160. The predicted octanol–water partition coefficient (Wildman–Crippen LogP) is 3.02. The molecule has 29 heavy (non-hydrogen) atoms. The van der Waals surface area contributed by atoms with E-state index in [-0.39, 0.29) is 23.6 Å². The van der Waals surface area contributed by atoms with Gasteiger partial charge in [-0.05, 0) is 62.9 Å². The van der Waals surface area contributed by atoms with Crippen molar-refractivity contribution in [1.29, 1.82) is 0 Å². The van der Waals surface area contributed by atoms with Crippen LogP contribution in [0, 0.1) is 6.92 Å². The maximum absolute atomic E-state index is 13.2. The Hall–Kier alpha value is -3.22. The minimum absolute atomic E-state index is 0.0966. The molecule has 150 valence electrons. The highest BCUT2D eigenvalue weighted by Crippen LogP contribution is 2.27. The number of nitrogens with zero attached hydrogens (tertiary/aromatic N) is 3. The van der Waals surface area contributed by atoms with Crippen molar-refractivity contribution >= 4 is 22.6 Å². The average molecular weight is 391 g/mol. The largest absolute Gasteiger partial charge is 0.365 e. The standard InChI is InChI=1S/C22H25N5O2/c1-12(2)24-20-19-15(11-23-26-20)10-18(22(29)27(19)4)17-9-14(6-5-13(17)3)21(28)25-16-7-8-16/h5-6,9-12,16H,7-8H2,1-4H3,(H,24,26)(H,25,28).